The van der Waals surface area contributed by atoms with Crippen molar-refractivity contribution in [2.75, 3.05) is 10.6 Å². The number of carbonyl (C=O) groups excluding carboxylic acids is 2. The number of amides is 2. The molecule has 7 nitrogen and oxygen atoms in total. The molecule has 0 fully saturated rings. The molecule has 0 aliphatic heterocycles. The van der Waals surface area contributed by atoms with E-state index in [1.165, 1.54) is 18.2 Å². The first-order valence-corrected chi connectivity index (χ1v) is 10.5. The molecule has 0 aliphatic carbocycles. The summed E-state index contributed by atoms with van der Waals surface area (Å²) in [4.78, 5) is 25.7. The number of benzene rings is 2. The maximum Gasteiger partial charge on any atom is 0.276 e. The number of carbonyl (C=O) groups is 2. The lowest BCUT2D eigenvalue weighted by molar-refractivity contribution is 0.101. The van der Waals surface area contributed by atoms with Crippen molar-refractivity contribution in [1.82, 2.24) is 9.78 Å². The predicted molar refractivity (Wildman–Crippen MR) is 125 cm³/mol. The molecule has 0 bridgehead atoms. The van der Waals surface area contributed by atoms with E-state index in [-0.39, 0.29) is 11.3 Å². The Labute approximate surface area is 192 Å². The Kier molecular flexibility index (Phi) is 6.92. The van der Waals surface area contributed by atoms with Crippen molar-refractivity contribution in [2.45, 2.75) is 46.1 Å². The van der Waals surface area contributed by atoms with Crippen molar-refractivity contribution in [3.05, 3.63) is 76.7 Å². The van der Waals surface area contributed by atoms with Crippen LogP contribution in [-0.4, -0.2) is 21.6 Å². The number of aryl methyl sites for hydroxylation is 1. The van der Waals surface area contributed by atoms with Gasteiger partial charge in [-0.25, -0.2) is 9.07 Å². The standard InChI is InChI=1S/C25H26FN5O2/c1-16-21(24(33)28-18-13-11-17(12-14-18)8-7-15-27)30-31(25(2,3)4)22(16)29-23(32)19-9-5-6-10-20(19)26/h5-6,9-14H,7-8H2,1-4H3,(H,28,33)(H,29,32). The molecule has 2 aromatic carbocycles. The van der Waals surface area contributed by atoms with Crippen LogP contribution >= 0.6 is 0 Å². The number of hydrogen-bond acceptors (Lipinski definition) is 4. The number of nitriles is 1. The van der Waals surface area contributed by atoms with Crippen LogP contribution < -0.4 is 10.6 Å². The Morgan fingerprint density at radius 1 is 1.06 bits per heavy atom. The number of nitrogens with zero attached hydrogens (tertiary/aromatic N) is 3. The van der Waals surface area contributed by atoms with Gasteiger partial charge in [-0.05, 0) is 63.9 Å². The second-order valence-corrected chi connectivity index (χ2v) is 8.65. The van der Waals surface area contributed by atoms with Crippen LogP contribution in [-0.2, 0) is 12.0 Å². The average Bonchev–Trinajstić information content (AvgIpc) is 3.10. The summed E-state index contributed by atoms with van der Waals surface area (Å²) >= 11 is 0. The largest absolute Gasteiger partial charge is 0.321 e. The zero-order valence-corrected chi connectivity index (χ0v) is 19.1. The van der Waals surface area contributed by atoms with Crippen LogP contribution in [0.1, 0.15) is 59.2 Å². The summed E-state index contributed by atoms with van der Waals surface area (Å²) < 4.78 is 15.6. The fourth-order valence-electron chi connectivity index (χ4n) is 3.31. The molecule has 0 saturated carbocycles. The van der Waals surface area contributed by atoms with Crippen molar-refractivity contribution >= 4 is 23.3 Å². The van der Waals surface area contributed by atoms with Gasteiger partial charge in [0.2, 0.25) is 0 Å². The van der Waals surface area contributed by atoms with Gasteiger partial charge in [0.25, 0.3) is 11.8 Å². The van der Waals surface area contributed by atoms with Gasteiger partial charge in [0.1, 0.15) is 11.6 Å². The van der Waals surface area contributed by atoms with E-state index < -0.39 is 23.2 Å². The Bertz CT molecular complexity index is 1220. The molecular weight excluding hydrogens is 421 g/mol. The molecule has 2 N–H and O–H groups in total. The summed E-state index contributed by atoms with van der Waals surface area (Å²) in [6.45, 7) is 7.35. The highest BCUT2D eigenvalue weighted by Gasteiger charge is 2.28. The van der Waals surface area contributed by atoms with Crippen molar-refractivity contribution in [3.8, 4) is 6.07 Å². The van der Waals surface area contributed by atoms with E-state index >= 15 is 0 Å². The predicted octanol–water partition coefficient (Wildman–Crippen LogP) is 5.05. The van der Waals surface area contributed by atoms with Crippen molar-refractivity contribution in [2.24, 2.45) is 0 Å². The lowest BCUT2D eigenvalue weighted by Crippen LogP contribution is -2.27. The summed E-state index contributed by atoms with van der Waals surface area (Å²) in [5, 5.41) is 18.7. The summed E-state index contributed by atoms with van der Waals surface area (Å²) in [5.41, 5.74) is 1.56. The van der Waals surface area contributed by atoms with Crippen LogP contribution in [0.3, 0.4) is 0 Å². The molecule has 0 aliphatic rings. The van der Waals surface area contributed by atoms with Crippen LogP contribution in [0.4, 0.5) is 15.9 Å². The van der Waals surface area contributed by atoms with E-state index in [1.807, 2.05) is 32.9 Å². The van der Waals surface area contributed by atoms with Crippen LogP contribution in [0.2, 0.25) is 0 Å². The molecule has 3 aromatic rings. The van der Waals surface area contributed by atoms with Crippen LogP contribution in [0.25, 0.3) is 0 Å². The second kappa shape index (κ2) is 9.65. The van der Waals surface area contributed by atoms with Gasteiger partial charge in [-0.15, -0.1) is 0 Å². The summed E-state index contributed by atoms with van der Waals surface area (Å²) in [6.07, 6.45) is 1.07. The number of rotatable bonds is 6. The third kappa shape index (κ3) is 5.44. The molecule has 33 heavy (non-hydrogen) atoms. The smallest absolute Gasteiger partial charge is 0.276 e. The van der Waals surface area contributed by atoms with E-state index in [0.29, 0.717) is 29.9 Å². The number of anilines is 2. The fraction of sp³-hybridized carbons (Fsp3) is 0.280. The Balaban J connectivity index is 1.88. The van der Waals surface area contributed by atoms with Gasteiger partial charge in [-0.2, -0.15) is 10.4 Å². The van der Waals surface area contributed by atoms with Gasteiger partial charge in [-0.3, -0.25) is 9.59 Å². The van der Waals surface area contributed by atoms with E-state index in [2.05, 4.69) is 21.8 Å². The van der Waals surface area contributed by atoms with Gasteiger partial charge in [0.05, 0.1) is 17.2 Å². The van der Waals surface area contributed by atoms with Gasteiger partial charge in [0, 0.05) is 17.7 Å². The van der Waals surface area contributed by atoms with Crippen LogP contribution in [0.15, 0.2) is 48.5 Å². The van der Waals surface area contributed by atoms with Gasteiger partial charge in [0.15, 0.2) is 5.69 Å². The Morgan fingerprint density at radius 3 is 2.33 bits per heavy atom. The zero-order chi connectivity index (χ0) is 24.2. The minimum Gasteiger partial charge on any atom is -0.321 e. The minimum atomic E-state index is -0.634. The first-order valence-electron chi connectivity index (χ1n) is 10.5. The van der Waals surface area contributed by atoms with E-state index in [4.69, 9.17) is 5.26 Å². The Morgan fingerprint density at radius 2 is 1.73 bits per heavy atom. The molecule has 1 heterocycles. The molecule has 3 rings (SSSR count). The normalized spacial score (nSPS) is 11.0. The van der Waals surface area contributed by atoms with Gasteiger partial charge >= 0.3 is 0 Å². The highest BCUT2D eigenvalue weighted by Crippen LogP contribution is 2.27. The van der Waals surface area contributed by atoms with Crippen molar-refractivity contribution < 1.29 is 14.0 Å². The first kappa shape index (κ1) is 23.7. The molecule has 1 aromatic heterocycles. The topological polar surface area (TPSA) is 99.8 Å². The van der Waals surface area contributed by atoms with Crippen molar-refractivity contribution in [1.29, 1.82) is 5.26 Å². The van der Waals surface area contributed by atoms with E-state index in [0.717, 1.165) is 5.56 Å². The number of hydrogen-bond donors (Lipinski definition) is 2. The highest BCUT2D eigenvalue weighted by atomic mass is 19.1. The summed E-state index contributed by atoms with van der Waals surface area (Å²) in [5.74, 6) is -1.36. The SMILES string of the molecule is Cc1c(C(=O)Nc2ccc(CCC#N)cc2)nn(C(C)(C)C)c1NC(=O)c1ccccc1F. The summed E-state index contributed by atoms with van der Waals surface area (Å²) in [7, 11) is 0. The maximum atomic E-state index is 14.1. The zero-order valence-electron chi connectivity index (χ0n) is 19.1. The van der Waals surface area contributed by atoms with Crippen LogP contribution in [0.5, 0.6) is 0 Å². The molecule has 8 heteroatoms. The fourth-order valence-corrected chi connectivity index (χ4v) is 3.31. The third-order valence-corrected chi connectivity index (χ3v) is 5.06. The lowest BCUT2D eigenvalue weighted by atomic mass is 10.1. The second-order valence-electron chi connectivity index (χ2n) is 8.65. The molecule has 0 spiro atoms. The van der Waals surface area contributed by atoms with E-state index in [1.54, 1.807) is 29.8 Å². The number of halogens is 1. The Hall–Kier alpha value is -3.99. The van der Waals surface area contributed by atoms with Gasteiger partial charge in [-0.1, -0.05) is 24.3 Å². The molecule has 2 amide bonds. The highest BCUT2D eigenvalue weighted by molar-refractivity contribution is 6.07. The lowest BCUT2D eigenvalue weighted by Gasteiger charge is -2.22. The molecule has 0 radical (unpaired) electrons. The molecule has 0 saturated heterocycles. The van der Waals surface area contributed by atoms with Gasteiger partial charge < -0.3 is 10.6 Å². The molecule has 0 unspecified atom stereocenters. The number of nitrogens with one attached hydrogen (secondary N) is 2. The molecule has 170 valence electrons. The molecule has 0 atom stereocenters. The maximum absolute atomic E-state index is 14.1. The van der Waals surface area contributed by atoms with E-state index in [9.17, 15) is 14.0 Å². The average molecular weight is 448 g/mol. The van der Waals surface area contributed by atoms with Crippen molar-refractivity contribution in [3.63, 3.8) is 0 Å². The third-order valence-electron chi connectivity index (χ3n) is 5.06. The first-order chi connectivity index (χ1) is 15.6. The quantitative estimate of drug-likeness (QED) is 0.552. The monoisotopic (exact) mass is 447 g/mol. The number of aromatic nitrogens is 2. The van der Waals surface area contributed by atoms with Crippen LogP contribution in [0, 0.1) is 24.1 Å². The molecular formula is C25H26FN5O2. The summed E-state index contributed by atoms with van der Waals surface area (Å²) in [6, 6.07) is 15.0. The minimum absolute atomic E-state index is 0.0963.